The number of hydrogen-bond acceptors (Lipinski definition) is 6. The number of nitrogens with zero attached hydrogens (tertiary/aromatic N) is 4. The number of anilines is 1. The molecule has 156 valence electrons. The van der Waals surface area contributed by atoms with Crippen LogP contribution in [0.25, 0.3) is 5.69 Å². The van der Waals surface area contributed by atoms with Crippen LogP contribution in [0.3, 0.4) is 0 Å². The summed E-state index contributed by atoms with van der Waals surface area (Å²) in [6.07, 6.45) is 0.728. The highest BCUT2D eigenvalue weighted by Gasteiger charge is 2.33. The summed E-state index contributed by atoms with van der Waals surface area (Å²) >= 11 is 0. The summed E-state index contributed by atoms with van der Waals surface area (Å²) in [6, 6.07) is 11.7. The molecular formula is C20H27N5O3S. The van der Waals surface area contributed by atoms with Crippen LogP contribution in [0.4, 0.5) is 5.82 Å². The van der Waals surface area contributed by atoms with Gasteiger partial charge < -0.3 is 5.32 Å². The molecule has 3 heterocycles. The zero-order valence-corrected chi connectivity index (χ0v) is 17.4. The fraction of sp³-hybridized carbons (Fsp3) is 0.500. The van der Waals surface area contributed by atoms with Gasteiger partial charge in [-0.15, -0.1) is 0 Å². The molecule has 1 aromatic heterocycles. The monoisotopic (exact) mass is 417 g/mol. The number of para-hydroxylation sites is 1. The zero-order valence-electron chi connectivity index (χ0n) is 16.6. The Balaban J connectivity index is 1.31. The third-order valence-corrected chi connectivity index (χ3v) is 7.35. The number of nitrogens with one attached hydrogen (secondary N) is 1. The van der Waals surface area contributed by atoms with Gasteiger partial charge in [0.15, 0.2) is 9.84 Å². The van der Waals surface area contributed by atoms with Gasteiger partial charge >= 0.3 is 0 Å². The molecule has 1 atom stereocenters. The van der Waals surface area contributed by atoms with Crippen molar-refractivity contribution in [3.05, 3.63) is 42.1 Å². The third-order valence-electron chi connectivity index (χ3n) is 5.60. The summed E-state index contributed by atoms with van der Waals surface area (Å²) in [5, 5.41) is 7.46. The number of amides is 1. The molecular weight excluding hydrogens is 390 g/mol. The van der Waals surface area contributed by atoms with Gasteiger partial charge in [-0.25, -0.2) is 13.1 Å². The molecule has 0 radical (unpaired) electrons. The van der Waals surface area contributed by atoms with Crippen LogP contribution in [-0.2, 0) is 14.6 Å². The van der Waals surface area contributed by atoms with Crippen molar-refractivity contribution in [2.75, 3.05) is 49.5 Å². The molecule has 1 aromatic carbocycles. The van der Waals surface area contributed by atoms with Crippen molar-refractivity contribution in [2.24, 2.45) is 0 Å². The second-order valence-electron chi connectivity index (χ2n) is 7.84. The number of carbonyl (C=O) groups is 1. The van der Waals surface area contributed by atoms with E-state index in [9.17, 15) is 13.2 Å². The Labute approximate surface area is 171 Å². The number of hydrogen-bond donors (Lipinski definition) is 1. The molecule has 9 heteroatoms. The Morgan fingerprint density at radius 2 is 1.90 bits per heavy atom. The molecule has 0 spiro atoms. The van der Waals surface area contributed by atoms with Gasteiger partial charge in [-0.1, -0.05) is 18.2 Å². The highest BCUT2D eigenvalue weighted by Crippen LogP contribution is 2.20. The van der Waals surface area contributed by atoms with E-state index in [0.29, 0.717) is 18.1 Å². The second kappa shape index (κ2) is 8.25. The molecule has 0 aliphatic carbocycles. The number of carbonyl (C=O) groups excluding carboxylic acids is 1. The molecule has 8 nitrogen and oxygen atoms in total. The second-order valence-corrected chi connectivity index (χ2v) is 10.1. The van der Waals surface area contributed by atoms with E-state index in [1.54, 1.807) is 4.68 Å². The van der Waals surface area contributed by atoms with Gasteiger partial charge in [0.1, 0.15) is 5.82 Å². The number of aromatic nitrogens is 2. The topological polar surface area (TPSA) is 87.5 Å². The molecule has 2 aromatic rings. The van der Waals surface area contributed by atoms with Crippen LogP contribution in [0.15, 0.2) is 36.4 Å². The van der Waals surface area contributed by atoms with Crippen molar-refractivity contribution < 1.29 is 13.2 Å². The first-order valence-electron chi connectivity index (χ1n) is 9.98. The average molecular weight is 418 g/mol. The predicted octanol–water partition coefficient (Wildman–Crippen LogP) is 0.924. The summed E-state index contributed by atoms with van der Waals surface area (Å²) in [5.74, 6) is 1.16. The van der Waals surface area contributed by atoms with Gasteiger partial charge in [-0.05, 0) is 25.5 Å². The summed E-state index contributed by atoms with van der Waals surface area (Å²) in [6.45, 7) is 5.35. The summed E-state index contributed by atoms with van der Waals surface area (Å²) in [4.78, 5) is 17.0. The number of rotatable bonds is 5. The van der Waals surface area contributed by atoms with Crippen LogP contribution >= 0.6 is 0 Å². The Bertz CT molecular complexity index is 965. The Kier molecular flexibility index (Phi) is 5.71. The number of aryl methyl sites for hydroxylation is 1. The molecule has 2 aliphatic heterocycles. The van der Waals surface area contributed by atoms with E-state index in [1.807, 2.05) is 43.3 Å². The fourth-order valence-electron chi connectivity index (χ4n) is 4.09. The molecule has 0 bridgehead atoms. The van der Waals surface area contributed by atoms with E-state index in [4.69, 9.17) is 0 Å². The van der Waals surface area contributed by atoms with Gasteiger partial charge in [0.2, 0.25) is 5.91 Å². The average Bonchev–Trinajstić information content (AvgIpc) is 3.24. The van der Waals surface area contributed by atoms with Crippen LogP contribution < -0.4 is 5.32 Å². The number of sulfone groups is 1. The first-order valence-corrected chi connectivity index (χ1v) is 11.8. The van der Waals surface area contributed by atoms with Crippen LogP contribution in [-0.4, -0.2) is 84.2 Å². The maximum Gasteiger partial charge on any atom is 0.239 e. The van der Waals surface area contributed by atoms with Crippen molar-refractivity contribution in [3.8, 4) is 5.69 Å². The first kappa shape index (κ1) is 20.1. The minimum atomic E-state index is -2.86. The van der Waals surface area contributed by atoms with Gasteiger partial charge in [0, 0.05) is 38.3 Å². The molecule has 2 saturated heterocycles. The Morgan fingerprint density at radius 1 is 1.17 bits per heavy atom. The molecule has 2 aliphatic rings. The maximum absolute atomic E-state index is 12.6. The van der Waals surface area contributed by atoms with Gasteiger partial charge in [-0.2, -0.15) is 5.10 Å². The lowest BCUT2D eigenvalue weighted by atomic mass is 10.2. The van der Waals surface area contributed by atoms with E-state index in [-0.39, 0.29) is 17.7 Å². The lowest BCUT2D eigenvalue weighted by Crippen LogP contribution is -2.52. The fourth-order valence-corrected chi connectivity index (χ4v) is 5.85. The van der Waals surface area contributed by atoms with Gasteiger partial charge in [-0.3, -0.25) is 14.6 Å². The number of benzene rings is 1. The first-order chi connectivity index (χ1) is 13.9. The molecule has 2 fully saturated rings. The third kappa shape index (κ3) is 4.85. The highest BCUT2D eigenvalue weighted by molar-refractivity contribution is 7.91. The molecule has 0 saturated carbocycles. The molecule has 4 rings (SSSR count). The molecule has 1 amide bonds. The minimum Gasteiger partial charge on any atom is -0.309 e. The van der Waals surface area contributed by atoms with E-state index in [0.717, 1.165) is 44.0 Å². The Hall–Kier alpha value is -2.23. The quantitative estimate of drug-likeness (QED) is 0.779. The van der Waals surface area contributed by atoms with Crippen LogP contribution in [0.2, 0.25) is 0 Å². The van der Waals surface area contributed by atoms with Crippen molar-refractivity contribution in [3.63, 3.8) is 0 Å². The largest absolute Gasteiger partial charge is 0.309 e. The Morgan fingerprint density at radius 3 is 2.55 bits per heavy atom. The lowest BCUT2D eigenvalue weighted by Gasteiger charge is -2.37. The SMILES string of the molecule is Cc1cc(NC(=O)CN2CCN([C@H]3CCS(=O)(=O)C3)CC2)n(-c2ccccc2)n1. The number of piperazine rings is 1. The molecule has 0 unspecified atom stereocenters. The van der Waals surface area contributed by atoms with Crippen molar-refractivity contribution in [2.45, 2.75) is 19.4 Å². The standard InChI is InChI=1S/C20H27N5O3S/c1-16-13-19(25(22-16)17-5-3-2-4-6-17)21-20(26)14-23-8-10-24(11-9-23)18-7-12-29(27,28)15-18/h2-6,13,18H,7-12,14-15H2,1H3,(H,21,26)/t18-/m0/s1. The van der Waals surface area contributed by atoms with E-state index in [1.165, 1.54) is 0 Å². The summed E-state index contributed by atoms with van der Waals surface area (Å²) in [7, 11) is -2.86. The van der Waals surface area contributed by atoms with Crippen molar-refractivity contribution in [1.82, 2.24) is 19.6 Å². The van der Waals surface area contributed by atoms with E-state index >= 15 is 0 Å². The van der Waals surface area contributed by atoms with E-state index < -0.39 is 9.84 Å². The van der Waals surface area contributed by atoms with Crippen molar-refractivity contribution in [1.29, 1.82) is 0 Å². The summed E-state index contributed by atoms with van der Waals surface area (Å²) in [5.41, 5.74) is 1.74. The van der Waals surface area contributed by atoms with E-state index in [2.05, 4.69) is 20.2 Å². The minimum absolute atomic E-state index is 0.0704. The smallest absolute Gasteiger partial charge is 0.239 e. The molecule has 1 N–H and O–H groups in total. The lowest BCUT2D eigenvalue weighted by molar-refractivity contribution is -0.117. The normalized spacial score (nSPS) is 22.6. The van der Waals surface area contributed by atoms with Crippen LogP contribution in [0.1, 0.15) is 12.1 Å². The van der Waals surface area contributed by atoms with Crippen LogP contribution in [0.5, 0.6) is 0 Å². The van der Waals surface area contributed by atoms with Crippen LogP contribution in [0, 0.1) is 6.92 Å². The highest BCUT2D eigenvalue weighted by atomic mass is 32.2. The summed E-state index contributed by atoms with van der Waals surface area (Å²) < 4.78 is 25.1. The predicted molar refractivity (Wildman–Crippen MR) is 112 cm³/mol. The molecule has 29 heavy (non-hydrogen) atoms. The maximum atomic E-state index is 12.6. The van der Waals surface area contributed by atoms with Gasteiger partial charge in [0.05, 0.1) is 29.4 Å². The van der Waals surface area contributed by atoms with Gasteiger partial charge in [0.25, 0.3) is 0 Å². The zero-order chi connectivity index (χ0) is 20.4. The van der Waals surface area contributed by atoms with Crippen molar-refractivity contribution >= 4 is 21.6 Å².